The van der Waals surface area contributed by atoms with Gasteiger partial charge in [0.05, 0.1) is 18.4 Å². The number of urea groups is 2. The van der Waals surface area contributed by atoms with Crippen molar-refractivity contribution in [3.8, 4) is 0 Å². The number of nitrogens with one attached hydrogen (secondary N) is 4. The van der Waals surface area contributed by atoms with Crippen molar-refractivity contribution >= 4 is 45.6 Å². The van der Waals surface area contributed by atoms with E-state index in [1.54, 1.807) is 38.1 Å². The van der Waals surface area contributed by atoms with Crippen LogP contribution in [-0.4, -0.2) is 57.5 Å². The molecule has 1 heterocycles. The van der Waals surface area contributed by atoms with Crippen molar-refractivity contribution in [1.82, 2.24) is 21.1 Å². The topological polar surface area (TPSA) is 160 Å². The Morgan fingerprint density at radius 1 is 1.27 bits per heavy atom. The third-order valence-corrected chi connectivity index (χ3v) is 5.26. The normalized spacial score (nSPS) is 20.6. The quantitative estimate of drug-likeness (QED) is 0.324. The number of hydrazine groups is 1. The number of carbonyl (C=O) groups is 4. The van der Waals surface area contributed by atoms with Gasteiger partial charge in [0.1, 0.15) is 0 Å². The Balaban J connectivity index is 2.05. The second kappa shape index (κ2) is 9.76. The van der Waals surface area contributed by atoms with Crippen LogP contribution in [-0.2, 0) is 9.59 Å². The summed E-state index contributed by atoms with van der Waals surface area (Å²) >= 11 is 3.28. The molecule has 2 unspecified atom stereocenters. The summed E-state index contributed by atoms with van der Waals surface area (Å²) in [6, 6.07) is 5.20. The Labute approximate surface area is 181 Å². The van der Waals surface area contributed by atoms with Gasteiger partial charge < -0.3 is 26.2 Å². The summed E-state index contributed by atoms with van der Waals surface area (Å²) < 4.78 is 0.825. The second-order valence-electron chi connectivity index (χ2n) is 7.11. The highest BCUT2D eigenvalue weighted by molar-refractivity contribution is 9.10. The minimum Gasteiger partial charge on any atom is -0.481 e. The smallest absolute Gasteiger partial charge is 0.339 e. The van der Waals surface area contributed by atoms with Crippen molar-refractivity contribution in [2.45, 2.75) is 38.5 Å². The van der Waals surface area contributed by atoms with E-state index in [4.69, 9.17) is 5.11 Å². The molecule has 2 atom stereocenters. The molecule has 5 amide bonds. The molecule has 1 aliphatic heterocycles. The predicted molar refractivity (Wildman–Crippen MR) is 110 cm³/mol. The third-order valence-electron chi connectivity index (χ3n) is 4.73. The van der Waals surface area contributed by atoms with E-state index in [0.717, 1.165) is 9.48 Å². The van der Waals surface area contributed by atoms with Crippen LogP contribution in [0.4, 0.5) is 15.3 Å². The van der Waals surface area contributed by atoms with Crippen LogP contribution in [0.5, 0.6) is 0 Å². The molecule has 0 aromatic heterocycles. The molecule has 30 heavy (non-hydrogen) atoms. The Bertz CT molecular complexity index is 818. The SMILES string of the molecule is CC(C)C1(CC(=O)NCCC(=O)O)NC(=O)N(NC(=O)Nc2ccc(Br)cc2)C1O. The van der Waals surface area contributed by atoms with Gasteiger partial charge in [0, 0.05) is 16.7 Å². The number of amides is 5. The van der Waals surface area contributed by atoms with Crippen LogP contribution in [0.2, 0.25) is 0 Å². The van der Waals surface area contributed by atoms with Gasteiger partial charge in [0.15, 0.2) is 6.23 Å². The number of aliphatic carboxylic acids is 1. The molecule has 0 bridgehead atoms. The Kier molecular flexibility index (Phi) is 7.62. The van der Waals surface area contributed by atoms with Crippen molar-refractivity contribution in [3.05, 3.63) is 28.7 Å². The number of carboxylic acids is 1. The number of carbonyl (C=O) groups excluding carboxylic acids is 3. The Morgan fingerprint density at radius 3 is 2.47 bits per heavy atom. The molecule has 12 heteroatoms. The first-order chi connectivity index (χ1) is 14.0. The molecule has 1 aromatic carbocycles. The van der Waals surface area contributed by atoms with Crippen molar-refractivity contribution in [2.24, 2.45) is 5.92 Å². The fraction of sp³-hybridized carbons (Fsp3) is 0.444. The first kappa shape index (κ1) is 23.4. The van der Waals surface area contributed by atoms with E-state index in [2.05, 4.69) is 37.3 Å². The van der Waals surface area contributed by atoms with E-state index < -0.39 is 35.7 Å². The Hall–Kier alpha value is -2.86. The number of carboxylic acid groups (broad SMARTS) is 1. The highest BCUT2D eigenvalue weighted by atomic mass is 79.9. The number of anilines is 1. The molecule has 0 saturated carbocycles. The number of benzene rings is 1. The molecule has 0 spiro atoms. The predicted octanol–water partition coefficient (Wildman–Crippen LogP) is 1.21. The number of hydrogen-bond acceptors (Lipinski definition) is 5. The molecule has 0 aliphatic carbocycles. The van der Waals surface area contributed by atoms with Gasteiger partial charge in [0.25, 0.3) is 0 Å². The molecule has 1 fully saturated rings. The zero-order valence-electron chi connectivity index (χ0n) is 16.4. The van der Waals surface area contributed by atoms with Crippen LogP contribution in [0.15, 0.2) is 28.7 Å². The first-order valence-electron chi connectivity index (χ1n) is 9.16. The van der Waals surface area contributed by atoms with Gasteiger partial charge in [-0.1, -0.05) is 29.8 Å². The summed E-state index contributed by atoms with van der Waals surface area (Å²) in [5.74, 6) is -1.98. The molecule has 1 saturated heterocycles. The van der Waals surface area contributed by atoms with Gasteiger partial charge in [-0.2, -0.15) is 0 Å². The fourth-order valence-electron chi connectivity index (χ4n) is 3.00. The largest absolute Gasteiger partial charge is 0.481 e. The number of hydrogen-bond donors (Lipinski definition) is 6. The van der Waals surface area contributed by atoms with Crippen LogP contribution in [0.25, 0.3) is 0 Å². The lowest BCUT2D eigenvalue weighted by Gasteiger charge is -2.36. The molecule has 1 aromatic rings. The summed E-state index contributed by atoms with van der Waals surface area (Å²) in [6.45, 7) is 3.34. The molecule has 6 N–H and O–H groups in total. The zero-order valence-corrected chi connectivity index (χ0v) is 18.0. The van der Waals surface area contributed by atoms with Crippen molar-refractivity contribution in [3.63, 3.8) is 0 Å². The molecule has 1 aliphatic rings. The number of aliphatic hydroxyl groups is 1. The lowest BCUT2D eigenvalue weighted by molar-refractivity contribution is -0.137. The molecular weight excluding hydrogens is 462 g/mol. The number of rotatable bonds is 8. The number of aliphatic hydroxyl groups excluding tert-OH is 1. The van der Waals surface area contributed by atoms with E-state index in [0.29, 0.717) is 5.69 Å². The van der Waals surface area contributed by atoms with Crippen LogP contribution in [0.1, 0.15) is 26.7 Å². The van der Waals surface area contributed by atoms with Gasteiger partial charge in [-0.25, -0.2) is 20.0 Å². The molecular formula is C18H24BrN5O6. The summed E-state index contributed by atoms with van der Waals surface area (Å²) in [5.41, 5.74) is 1.37. The fourth-order valence-corrected chi connectivity index (χ4v) is 3.26. The van der Waals surface area contributed by atoms with Gasteiger partial charge in [-0.05, 0) is 30.2 Å². The highest BCUT2D eigenvalue weighted by Crippen LogP contribution is 2.32. The monoisotopic (exact) mass is 485 g/mol. The minimum atomic E-state index is -1.54. The molecule has 2 rings (SSSR count). The maximum Gasteiger partial charge on any atom is 0.339 e. The summed E-state index contributed by atoms with van der Waals surface area (Å²) in [6.07, 6.45) is -2.09. The van der Waals surface area contributed by atoms with Crippen LogP contribution >= 0.6 is 15.9 Å². The third kappa shape index (κ3) is 5.60. The van der Waals surface area contributed by atoms with E-state index >= 15 is 0 Å². The molecule has 164 valence electrons. The standard InChI is InChI=1S/C18H24BrN5O6/c1-10(2)18(9-13(25)20-8-7-14(26)27)15(28)24(17(30)22-18)23-16(29)21-12-5-3-11(19)4-6-12/h3-6,10,15,28H,7-9H2,1-2H3,(H,20,25)(H,22,30)(H,26,27)(H2,21,23,29). The molecule has 0 radical (unpaired) electrons. The number of nitrogens with zero attached hydrogens (tertiary/aromatic N) is 1. The van der Waals surface area contributed by atoms with E-state index in [9.17, 15) is 24.3 Å². The van der Waals surface area contributed by atoms with Crippen molar-refractivity contribution in [2.75, 3.05) is 11.9 Å². The lowest BCUT2D eigenvalue weighted by atomic mass is 9.82. The first-order valence-corrected chi connectivity index (χ1v) is 9.95. The minimum absolute atomic E-state index is 0.0794. The highest BCUT2D eigenvalue weighted by Gasteiger charge is 2.54. The molecule has 11 nitrogen and oxygen atoms in total. The summed E-state index contributed by atoms with van der Waals surface area (Å²) in [7, 11) is 0. The second-order valence-corrected chi connectivity index (χ2v) is 8.03. The average Bonchev–Trinajstić information content (AvgIpc) is 2.88. The van der Waals surface area contributed by atoms with Crippen LogP contribution in [0.3, 0.4) is 0 Å². The van der Waals surface area contributed by atoms with Crippen LogP contribution in [0, 0.1) is 5.92 Å². The summed E-state index contributed by atoms with van der Waals surface area (Å²) in [5, 5.41) is 27.7. The van der Waals surface area contributed by atoms with Crippen molar-refractivity contribution in [1.29, 1.82) is 0 Å². The maximum absolute atomic E-state index is 12.4. The number of halogens is 1. The lowest BCUT2D eigenvalue weighted by Crippen LogP contribution is -2.58. The van der Waals surface area contributed by atoms with E-state index in [-0.39, 0.29) is 25.3 Å². The van der Waals surface area contributed by atoms with Gasteiger partial charge in [-0.15, -0.1) is 0 Å². The van der Waals surface area contributed by atoms with Gasteiger partial charge in [-0.3, -0.25) is 9.59 Å². The Morgan fingerprint density at radius 2 is 1.90 bits per heavy atom. The zero-order chi connectivity index (χ0) is 22.5. The van der Waals surface area contributed by atoms with E-state index in [1.807, 2.05) is 0 Å². The van der Waals surface area contributed by atoms with Gasteiger partial charge >= 0.3 is 18.0 Å². The van der Waals surface area contributed by atoms with Gasteiger partial charge in [0.2, 0.25) is 5.91 Å². The van der Waals surface area contributed by atoms with E-state index in [1.165, 1.54) is 0 Å². The maximum atomic E-state index is 12.4. The van der Waals surface area contributed by atoms with Crippen LogP contribution < -0.4 is 21.4 Å². The summed E-state index contributed by atoms with van der Waals surface area (Å²) in [4.78, 5) is 47.5. The average molecular weight is 486 g/mol. The van der Waals surface area contributed by atoms with Crippen molar-refractivity contribution < 1.29 is 29.4 Å².